The van der Waals surface area contributed by atoms with Crippen LogP contribution in [0.25, 0.3) is 0 Å². The van der Waals surface area contributed by atoms with E-state index in [2.05, 4.69) is 37.3 Å². The molecule has 0 radical (unpaired) electrons. The minimum Gasteiger partial charge on any atom is -0.369 e. The number of aliphatic imine (C=N–C) groups is 1. The second-order valence-corrected chi connectivity index (χ2v) is 6.75. The number of nitrogens with one attached hydrogen (secondary N) is 2. The highest BCUT2D eigenvalue weighted by atomic mass is 19.1. The average Bonchev–Trinajstić information content (AvgIpc) is 2.74. The minimum absolute atomic E-state index is 0.185. The fraction of sp³-hybridized carbons (Fsp3) is 0.429. The quantitative estimate of drug-likeness (QED) is 0.566. The molecule has 28 heavy (non-hydrogen) atoms. The Morgan fingerprint density at radius 1 is 1.07 bits per heavy atom. The highest BCUT2D eigenvalue weighted by molar-refractivity contribution is 5.79. The Morgan fingerprint density at radius 3 is 2.54 bits per heavy atom. The topological polar surface area (TPSA) is 55.8 Å². The number of rotatable bonds is 7. The van der Waals surface area contributed by atoms with E-state index in [1.54, 1.807) is 6.20 Å². The van der Waals surface area contributed by atoms with Crippen LogP contribution in [-0.2, 0) is 6.54 Å². The summed E-state index contributed by atoms with van der Waals surface area (Å²) in [4.78, 5) is 13.7. The molecule has 0 spiro atoms. The molecule has 2 aromatic rings. The molecule has 0 bridgehead atoms. The molecule has 150 valence electrons. The summed E-state index contributed by atoms with van der Waals surface area (Å²) in [7, 11) is 0. The number of benzene rings is 1. The van der Waals surface area contributed by atoms with Crippen LogP contribution in [0.2, 0.25) is 0 Å². The van der Waals surface area contributed by atoms with Crippen LogP contribution >= 0.6 is 0 Å². The Bertz CT molecular complexity index is 726. The Balaban J connectivity index is 1.40. The molecule has 1 aromatic heterocycles. The van der Waals surface area contributed by atoms with Crippen LogP contribution in [-0.4, -0.2) is 61.7 Å². The molecule has 0 atom stereocenters. The van der Waals surface area contributed by atoms with Gasteiger partial charge in [0, 0.05) is 57.7 Å². The van der Waals surface area contributed by atoms with Gasteiger partial charge in [-0.3, -0.25) is 9.88 Å². The molecule has 1 aliphatic heterocycles. The van der Waals surface area contributed by atoms with Crippen LogP contribution in [0.5, 0.6) is 0 Å². The Hall–Kier alpha value is -2.67. The lowest BCUT2D eigenvalue weighted by Crippen LogP contribution is -2.49. The highest BCUT2D eigenvalue weighted by Crippen LogP contribution is 2.16. The van der Waals surface area contributed by atoms with Crippen molar-refractivity contribution in [3.8, 4) is 0 Å². The molecule has 6 nitrogen and oxygen atoms in total. The normalized spacial score (nSPS) is 15.5. The van der Waals surface area contributed by atoms with Gasteiger partial charge in [0.1, 0.15) is 5.82 Å². The molecule has 0 amide bonds. The van der Waals surface area contributed by atoms with Gasteiger partial charge in [-0.25, -0.2) is 9.38 Å². The van der Waals surface area contributed by atoms with Gasteiger partial charge in [0.05, 0.1) is 12.2 Å². The second-order valence-electron chi connectivity index (χ2n) is 6.75. The van der Waals surface area contributed by atoms with Crippen LogP contribution in [0.3, 0.4) is 0 Å². The lowest BCUT2D eigenvalue weighted by atomic mass is 10.2. The highest BCUT2D eigenvalue weighted by Gasteiger charge is 2.16. The first-order valence-corrected chi connectivity index (χ1v) is 9.89. The van der Waals surface area contributed by atoms with Gasteiger partial charge in [-0.2, -0.15) is 0 Å². The first kappa shape index (κ1) is 20.1. The fourth-order valence-electron chi connectivity index (χ4n) is 3.21. The molecule has 0 aliphatic carbocycles. The van der Waals surface area contributed by atoms with Crippen LogP contribution < -0.4 is 15.5 Å². The van der Waals surface area contributed by atoms with Crippen LogP contribution in [0.1, 0.15) is 12.6 Å². The summed E-state index contributed by atoms with van der Waals surface area (Å²) in [5.41, 5.74) is 2.05. The van der Waals surface area contributed by atoms with E-state index in [0.29, 0.717) is 6.54 Å². The summed E-state index contributed by atoms with van der Waals surface area (Å²) in [5.74, 6) is 0.632. The predicted molar refractivity (Wildman–Crippen MR) is 112 cm³/mol. The van der Waals surface area contributed by atoms with Gasteiger partial charge in [-0.05, 0) is 43.3 Å². The van der Waals surface area contributed by atoms with Crippen molar-refractivity contribution in [3.05, 3.63) is 60.2 Å². The Labute approximate surface area is 166 Å². The third-order valence-electron chi connectivity index (χ3n) is 4.75. The Morgan fingerprint density at radius 2 is 1.86 bits per heavy atom. The van der Waals surface area contributed by atoms with Crippen LogP contribution in [0, 0.1) is 5.82 Å². The molecule has 2 N–H and O–H groups in total. The van der Waals surface area contributed by atoms with Crippen molar-refractivity contribution in [3.63, 3.8) is 0 Å². The molecule has 2 heterocycles. The maximum atomic E-state index is 13.1. The van der Waals surface area contributed by atoms with Crippen LogP contribution in [0.15, 0.2) is 53.7 Å². The number of guanidine groups is 1. The fourth-order valence-corrected chi connectivity index (χ4v) is 3.21. The zero-order valence-electron chi connectivity index (χ0n) is 16.4. The predicted octanol–water partition coefficient (Wildman–Crippen LogP) is 2.10. The van der Waals surface area contributed by atoms with Gasteiger partial charge < -0.3 is 15.5 Å². The summed E-state index contributed by atoms with van der Waals surface area (Å²) >= 11 is 0. The summed E-state index contributed by atoms with van der Waals surface area (Å²) in [6.45, 7) is 9.17. The van der Waals surface area contributed by atoms with Gasteiger partial charge in [-0.15, -0.1) is 0 Å². The van der Waals surface area contributed by atoms with E-state index in [1.807, 2.05) is 30.3 Å². The first-order chi connectivity index (χ1) is 13.7. The molecule has 1 aliphatic rings. The number of aromatic nitrogens is 1. The van der Waals surface area contributed by atoms with Gasteiger partial charge >= 0.3 is 0 Å². The average molecular weight is 385 g/mol. The van der Waals surface area contributed by atoms with Crippen molar-refractivity contribution >= 4 is 11.6 Å². The summed E-state index contributed by atoms with van der Waals surface area (Å²) in [6.07, 6.45) is 1.79. The van der Waals surface area contributed by atoms with Crippen molar-refractivity contribution in [2.45, 2.75) is 13.5 Å². The van der Waals surface area contributed by atoms with E-state index >= 15 is 0 Å². The monoisotopic (exact) mass is 384 g/mol. The molecule has 0 saturated carbocycles. The molecule has 0 unspecified atom stereocenters. The minimum atomic E-state index is -0.185. The lowest BCUT2D eigenvalue weighted by Gasteiger charge is -2.36. The molecular formula is C21H29FN6. The summed E-state index contributed by atoms with van der Waals surface area (Å²) < 4.78 is 13.1. The molecular weight excluding hydrogens is 355 g/mol. The van der Waals surface area contributed by atoms with Gasteiger partial charge in [0.2, 0.25) is 0 Å². The SMILES string of the molecule is CCNC(=NCc1ccccn1)NCCN1CCN(c2ccc(F)cc2)CC1. The van der Waals surface area contributed by atoms with E-state index in [-0.39, 0.29) is 5.82 Å². The second kappa shape index (κ2) is 10.6. The Kier molecular flexibility index (Phi) is 7.61. The van der Waals surface area contributed by atoms with E-state index in [1.165, 1.54) is 12.1 Å². The zero-order chi connectivity index (χ0) is 19.6. The van der Waals surface area contributed by atoms with Crippen molar-refractivity contribution in [2.75, 3.05) is 50.7 Å². The number of anilines is 1. The van der Waals surface area contributed by atoms with Crippen molar-refractivity contribution in [2.24, 2.45) is 4.99 Å². The standard InChI is InChI=1S/C21H29FN6/c1-2-23-21(26-17-19-5-3-4-10-24-19)25-11-12-27-13-15-28(16-14-27)20-8-6-18(22)7-9-20/h3-10H,2,11-17H2,1H3,(H2,23,25,26). The molecule has 1 saturated heterocycles. The molecule has 7 heteroatoms. The van der Waals surface area contributed by atoms with Gasteiger partial charge in [0.25, 0.3) is 0 Å². The van der Waals surface area contributed by atoms with Gasteiger partial charge in [0.15, 0.2) is 5.96 Å². The number of hydrogen-bond donors (Lipinski definition) is 2. The summed E-state index contributed by atoms with van der Waals surface area (Å²) in [6, 6.07) is 12.6. The number of pyridine rings is 1. The number of halogens is 1. The third kappa shape index (κ3) is 6.20. The lowest BCUT2D eigenvalue weighted by molar-refractivity contribution is 0.261. The number of hydrogen-bond acceptors (Lipinski definition) is 4. The van der Waals surface area contributed by atoms with E-state index in [9.17, 15) is 4.39 Å². The van der Waals surface area contributed by atoms with E-state index in [0.717, 1.165) is 63.2 Å². The van der Waals surface area contributed by atoms with Gasteiger partial charge in [-0.1, -0.05) is 6.07 Å². The maximum Gasteiger partial charge on any atom is 0.191 e. The van der Waals surface area contributed by atoms with Crippen molar-refractivity contribution in [1.29, 1.82) is 0 Å². The van der Waals surface area contributed by atoms with Crippen molar-refractivity contribution < 1.29 is 4.39 Å². The van der Waals surface area contributed by atoms with Crippen LogP contribution in [0.4, 0.5) is 10.1 Å². The zero-order valence-corrected chi connectivity index (χ0v) is 16.4. The first-order valence-electron chi connectivity index (χ1n) is 9.89. The molecule has 1 fully saturated rings. The maximum absolute atomic E-state index is 13.1. The van der Waals surface area contributed by atoms with E-state index < -0.39 is 0 Å². The molecule has 3 rings (SSSR count). The molecule has 1 aromatic carbocycles. The van der Waals surface area contributed by atoms with E-state index in [4.69, 9.17) is 0 Å². The number of nitrogens with zero attached hydrogens (tertiary/aromatic N) is 4. The number of piperazine rings is 1. The third-order valence-corrected chi connectivity index (χ3v) is 4.75. The smallest absolute Gasteiger partial charge is 0.191 e. The largest absolute Gasteiger partial charge is 0.369 e. The van der Waals surface area contributed by atoms with Crippen molar-refractivity contribution in [1.82, 2.24) is 20.5 Å². The summed E-state index contributed by atoms with van der Waals surface area (Å²) in [5, 5.41) is 6.68.